The van der Waals surface area contributed by atoms with E-state index in [0.717, 1.165) is 13.6 Å². The van der Waals surface area contributed by atoms with Gasteiger partial charge in [0.15, 0.2) is 10.7 Å². The third kappa shape index (κ3) is 4.83. The molecule has 4 rings (SSSR count). The van der Waals surface area contributed by atoms with Gasteiger partial charge >= 0.3 is 0 Å². The molecule has 0 aliphatic carbocycles. The van der Waals surface area contributed by atoms with E-state index in [1.807, 2.05) is 24.3 Å². The first-order valence-corrected chi connectivity index (χ1v) is 11.3. The van der Waals surface area contributed by atoms with Crippen molar-refractivity contribution in [1.82, 2.24) is 10.3 Å². The average Bonchev–Trinajstić information content (AvgIpc) is 3.13. The van der Waals surface area contributed by atoms with E-state index in [9.17, 15) is 4.79 Å². The molecule has 0 radical (unpaired) electrons. The van der Waals surface area contributed by atoms with Gasteiger partial charge in [0.25, 0.3) is 5.91 Å². The molecule has 0 aliphatic heterocycles. The quantitative estimate of drug-likeness (QED) is 0.201. The Labute approximate surface area is 204 Å². The largest absolute Gasteiger partial charge is 0.436 e. The predicted octanol–water partition coefficient (Wildman–Crippen LogP) is 6.64. The predicted molar refractivity (Wildman–Crippen MR) is 135 cm³/mol. The van der Waals surface area contributed by atoms with Crippen LogP contribution < -0.4 is 10.6 Å². The van der Waals surface area contributed by atoms with Gasteiger partial charge in [0.05, 0.1) is 10.6 Å². The zero-order valence-corrected chi connectivity index (χ0v) is 20.4. The van der Waals surface area contributed by atoms with Crippen molar-refractivity contribution in [2.75, 3.05) is 5.32 Å². The summed E-state index contributed by atoms with van der Waals surface area (Å²) < 4.78 is 7.70. The molecule has 5 nitrogen and oxygen atoms in total. The van der Waals surface area contributed by atoms with Crippen LogP contribution in [0.15, 0.2) is 69.6 Å². The Morgan fingerprint density at radius 1 is 1.13 bits per heavy atom. The molecular formula is C21H12BrClIN3O2S. The number of rotatable bonds is 3. The van der Waals surface area contributed by atoms with Crippen molar-refractivity contribution < 1.29 is 9.21 Å². The van der Waals surface area contributed by atoms with E-state index < -0.39 is 5.91 Å². The monoisotopic (exact) mass is 611 g/mol. The van der Waals surface area contributed by atoms with Crippen LogP contribution in [-0.4, -0.2) is 16.0 Å². The molecule has 0 atom stereocenters. The summed E-state index contributed by atoms with van der Waals surface area (Å²) in [5, 5.41) is 6.11. The van der Waals surface area contributed by atoms with Gasteiger partial charge < -0.3 is 9.73 Å². The maximum Gasteiger partial charge on any atom is 0.258 e. The molecular weight excluding hydrogens is 601 g/mol. The smallest absolute Gasteiger partial charge is 0.258 e. The Balaban J connectivity index is 1.50. The van der Waals surface area contributed by atoms with E-state index in [1.54, 1.807) is 36.4 Å². The maximum atomic E-state index is 12.4. The summed E-state index contributed by atoms with van der Waals surface area (Å²) in [4.78, 5) is 17.0. The van der Waals surface area contributed by atoms with Crippen LogP contribution in [0.2, 0.25) is 5.02 Å². The number of fused-ring (bicyclic) bond motifs is 1. The number of halogens is 3. The molecule has 0 spiro atoms. The number of nitrogens with zero attached hydrogens (tertiary/aromatic N) is 1. The van der Waals surface area contributed by atoms with Crippen molar-refractivity contribution in [3.05, 3.63) is 79.3 Å². The van der Waals surface area contributed by atoms with Crippen LogP contribution in [-0.2, 0) is 0 Å². The molecule has 0 aliphatic rings. The fourth-order valence-corrected chi connectivity index (χ4v) is 4.07. The Morgan fingerprint density at radius 3 is 2.77 bits per heavy atom. The van der Waals surface area contributed by atoms with E-state index in [2.05, 4.69) is 54.1 Å². The van der Waals surface area contributed by atoms with Gasteiger partial charge in [0.2, 0.25) is 5.89 Å². The van der Waals surface area contributed by atoms with Gasteiger partial charge in [-0.3, -0.25) is 10.1 Å². The van der Waals surface area contributed by atoms with Crippen molar-refractivity contribution in [2.45, 2.75) is 0 Å². The summed E-state index contributed by atoms with van der Waals surface area (Å²) in [6.45, 7) is 0. The van der Waals surface area contributed by atoms with Crippen LogP contribution in [0.5, 0.6) is 0 Å². The van der Waals surface area contributed by atoms with Gasteiger partial charge in [-0.25, -0.2) is 4.98 Å². The summed E-state index contributed by atoms with van der Waals surface area (Å²) in [6, 6.07) is 18.4. The van der Waals surface area contributed by atoms with E-state index in [-0.39, 0.29) is 5.11 Å². The molecule has 0 saturated heterocycles. The molecule has 0 unspecified atom stereocenters. The van der Waals surface area contributed by atoms with Crippen LogP contribution in [0.4, 0.5) is 5.69 Å². The molecule has 150 valence electrons. The lowest BCUT2D eigenvalue weighted by molar-refractivity contribution is 0.0978. The number of hydrogen-bond donors (Lipinski definition) is 2. The first-order chi connectivity index (χ1) is 14.4. The highest BCUT2D eigenvalue weighted by atomic mass is 127. The number of thiocarbonyl (C=S) groups is 1. The number of hydrogen-bond acceptors (Lipinski definition) is 4. The lowest BCUT2D eigenvalue weighted by Gasteiger charge is -2.10. The maximum absolute atomic E-state index is 12.4. The highest BCUT2D eigenvalue weighted by molar-refractivity contribution is 14.1. The average molecular weight is 613 g/mol. The van der Waals surface area contributed by atoms with Gasteiger partial charge in [-0.1, -0.05) is 33.6 Å². The molecule has 1 heterocycles. The molecule has 4 aromatic rings. The number of benzene rings is 3. The van der Waals surface area contributed by atoms with Crippen LogP contribution in [0.25, 0.3) is 22.6 Å². The zero-order chi connectivity index (χ0) is 21.3. The van der Waals surface area contributed by atoms with Gasteiger partial charge in [-0.05, 0) is 89.4 Å². The summed E-state index contributed by atoms with van der Waals surface area (Å²) in [5.74, 6) is 0.142. The van der Waals surface area contributed by atoms with Gasteiger partial charge in [0.1, 0.15) is 5.52 Å². The number of aromatic nitrogens is 1. The second-order valence-electron chi connectivity index (χ2n) is 6.24. The minimum atomic E-state index is -0.401. The van der Waals surface area contributed by atoms with Crippen molar-refractivity contribution >= 4 is 90.1 Å². The summed E-state index contributed by atoms with van der Waals surface area (Å²) in [7, 11) is 0. The van der Waals surface area contributed by atoms with Crippen LogP contribution in [0.3, 0.4) is 0 Å². The fourth-order valence-electron chi connectivity index (χ4n) is 2.75. The number of anilines is 1. The molecule has 2 N–H and O–H groups in total. The number of oxazole rings is 1. The summed E-state index contributed by atoms with van der Waals surface area (Å²) in [5.41, 5.74) is 3.24. The Bertz CT molecular complexity index is 1290. The third-order valence-corrected chi connectivity index (χ3v) is 5.82. The van der Waals surface area contributed by atoms with Crippen LogP contribution in [0.1, 0.15) is 10.4 Å². The van der Waals surface area contributed by atoms with Crippen molar-refractivity contribution in [3.8, 4) is 11.5 Å². The first-order valence-electron chi connectivity index (χ1n) is 8.63. The minimum absolute atomic E-state index is 0.150. The van der Waals surface area contributed by atoms with Crippen molar-refractivity contribution in [1.29, 1.82) is 0 Å². The molecule has 30 heavy (non-hydrogen) atoms. The number of nitrogens with one attached hydrogen (secondary N) is 2. The third-order valence-electron chi connectivity index (χ3n) is 4.12. The second-order valence-corrected chi connectivity index (χ2v) is 9.22. The molecule has 9 heteroatoms. The highest BCUT2D eigenvalue weighted by Gasteiger charge is 2.14. The van der Waals surface area contributed by atoms with Gasteiger partial charge in [-0.2, -0.15) is 0 Å². The van der Waals surface area contributed by atoms with Gasteiger partial charge in [0, 0.05) is 19.3 Å². The van der Waals surface area contributed by atoms with Crippen LogP contribution in [0, 0.1) is 3.57 Å². The number of carbonyl (C=O) groups is 1. The van der Waals surface area contributed by atoms with E-state index in [4.69, 9.17) is 28.2 Å². The standard InChI is InChI=1S/C21H12BrClIN3O2S/c22-12-4-6-16(23)15(9-12)19(28)27-21(30)25-14-5-7-18-17(10-14)26-20(29-18)11-2-1-3-13(24)8-11/h1-10H,(H2,25,27,28,30). The lowest BCUT2D eigenvalue weighted by atomic mass is 10.2. The summed E-state index contributed by atoms with van der Waals surface area (Å²) in [6.07, 6.45) is 0. The van der Waals surface area contributed by atoms with E-state index >= 15 is 0 Å². The molecule has 0 fully saturated rings. The lowest BCUT2D eigenvalue weighted by Crippen LogP contribution is -2.34. The Morgan fingerprint density at radius 2 is 1.97 bits per heavy atom. The second kappa shape index (κ2) is 9.01. The number of amides is 1. The topological polar surface area (TPSA) is 67.2 Å². The SMILES string of the molecule is O=C(NC(=S)Nc1ccc2oc(-c3cccc(I)c3)nc2c1)c1cc(Br)ccc1Cl. The Kier molecular flexibility index (Phi) is 6.37. The molecule has 1 aromatic heterocycles. The summed E-state index contributed by atoms with van der Waals surface area (Å²) >= 11 is 16.9. The van der Waals surface area contributed by atoms with E-state index in [0.29, 0.717) is 33.3 Å². The minimum Gasteiger partial charge on any atom is -0.436 e. The van der Waals surface area contributed by atoms with E-state index in [1.165, 1.54) is 0 Å². The number of carbonyl (C=O) groups excluding carboxylic acids is 1. The van der Waals surface area contributed by atoms with Gasteiger partial charge in [-0.15, -0.1) is 0 Å². The fraction of sp³-hybridized carbons (Fsp3) is 0. The molecule has 0 bridgehead atoms. The van der Waals surface area contributed by atoms with Crippen LogP contribution >= 0.6 is 62.3 Å². The molecule has 3 aromatic carbocycles. The van der Waals surface area contributed by atoms with Crippen molar-refractivity contribution in [2.24, 2.45) is 0 Å². The normalized spacial score (nSPS) is 10.8. The Hall–Kier alpha value is -2.01. The molecule has 0 saturated carbocycles. The molecule has 1 amide bonds. The van der Waals surface area contributed by atoms with Crippen molar-refractivity contribution in [3.63, 3.8) is 0 Å². The zero-order valence-electron chi connectivity index (χ0n) is 15.1. The highest BCUT2D eigenvalue weighted by Crippen LogP contribution is 2.27. The first kappa shape index (κ1) is 21.2.